The zero-order valence-corrected chi connectivity index (χ0v) is 14.8. The van der Waals surface area contributed by atoms with E-state index in [-0.39, 0.29) is 11.4 Å². The van der Waals surface area contributed by atoms with E-state index in [0.717, 1.165) is 10.9 Å². The molecule has 1 amide bonds. The molecule has 1 aromatic carbocycles. The molecule has 0 radical (unpaired) electrons. The molecule has 0 aliphatic carbocycles. The second kappa shape index (κ2) is 7.27. The molecular formula is C16H24BrNO3. The zero-order valence-electron chi connectivity index (χ0n) is 13.2. The minimum absolute atomic E-state index is 0.165. The number of amides is 1. The third-order valence-electron chi connectivity index (χ3n) is 3.44. The Morgan fingerprint density at radius 2 is 2.05 bits per heavy atom. The summed E-state index contributed by atoms with van der Waals surface area (Å²) in [5.41, 5.74) is 0.389. The summed E-state index contributed by atoms with van der Waals surface area (Å²) in [7, 11) is 0. The highest BCUT2D eigenvalue weighted by molar-refractivity contribution is 9.10. The molecule has 118 valence electrons. The van der Waals surface area contributed by atoms with E-state index in [1.807, 2.05) is 26.8 Å². The number of carbonyl (C=O) groups excluding carboxylic acids is 1. The van der Waals surface area contributed by atoms with E-state index >= 15 is 0 Å². The lowest BCUT2D eigenvalue weighted by Crippen LogP contribution is -2.48. The number of carbonyl (C=O) groups is 1. The van der Waals surface area contributed by atoms with Crippen molar-refractivity contribution >= 4 is 21.8 Å². The molecule has 0 saturated heterocycles. The summed E-state index contributed by atoms with van der Waals surface area (Å²) >= 11 is 3.36. The Labute approximate surface area is 135 Å². The highest BCUT2D eigenvalue weighted by Crippen LogP contribution is 2.29. The largest absolute Gasteiger partial charge is 0.481 e. The highest BCUT2D eigenvalue weighted by Gasteiger charge is 2.24. The molecule has 0 aliphatic heterocycles. The number of rotatable bonds is 6. The first kappa shape index (κ1) is 18.0. The predicted molar refractivity (Wildman–Crippen MR) is 87.4 cm³/mol. The molecule has 0 bridgehead atoms. The number of benzene rings is 1. The number of aliphatic hydroxyl groups excluding tert-OH is 1. The molecule has 2 atom stereocenters. The van der Waals surface area contributed by atoms with Crippen LogP contribution in [0.25, 0.3) is 0 Å². The number of ether oxygens (including phenoxy) is 1. The van der Waals surface area contributed by atoms with E-state index < -0.39 is 12.2 Å². The van der Waals surface area contributed by atoms with Crippen LogP contribution in [0.3, 0.4) is 0 Å². The van der Waals surface area contributed by atoms with Crippen LogP contribution >= 0.6 is 15.9 Å². The second-order valence-electron chi connectivity index (χ2n) is 5.84. The van der Waals surface area contributed by atoms with E-state index in [1.165, 1.54) is 0 Å². The Morgan fingerprint density at radius 3 is 2.57 bits per heavy atom. The third kappa shape index (κ3) is 5.32. The Morgan fingerprint density at radius 1 is 1.43 bits per heavy atom. The van der Waals surface area contributed by atoms with Crippen molar-refractivity contribution in [2.45, 2.75) is 58.8 Å². The van der Waals surface area contributed by atoms with Gasteiger partial charge in [-0.3, -0.25) is 4.79 Å². The Bertz CT molecular complexity index is 500. The summed E-state index contributed by atoms with van der Waals surface area (Å²) in [5.74, 6) is 0.353. The van der Waals surface area contributed by atoms with Gasteiger partial charge in [0.05, 0.1) is 6.10 Å². The van der Waals surface area contributed by atoms with Crippen LogP contribution in [0.5, 0.6) is 5.75 Å². The van der Waals surface area contributed by atoms with Gasteiger partial charge >= 0.3 is 0 Å². The van der Waals surface area contributed by atoms with E-state index in [0.29, 0.717) is 11.3 Å². The molecule has 4 nitrogen and oxygen atoms in total. The molecule has 0 aromatic heterocycles. The van der Waals surface area contributed by atoms with E-state index in [1.54, 1.807) is 26.0 Å². The van der Waals surface area contributed by atoms with Crippen LogP contribution in [0.15, 0.2) is 22.7 Å². The maximum Gasteiger partial charge on any atom is 0.261 e. The van der Waals surface area contributed by atoms with E-state index in [4.69, 9.17) is 4.74 Å². The molecular weight excluding hydrogens is 334 g/mol. The molecule has 0 saturated carbocycles. The first-order valence-electron chi connectivity index (χ1n) is 7.12. The van der Waals surface area contributed by atoms with Gasteiger partial charge in [-0.2, -0.15) is 0 Å². The number of halogens is 1. The standard InChI is InChI=1S/C16H24BrNO3/c1-6-16(4,5)18-15(20)11(3)21-14-8-7-12(17)9-13(14)10(2)19/h7-11,19H,6H2,1-5H3,(H,18,20)/t10-,11?/m0/s1. The van der Waals surface area contributed by atoms with Gasteiger partial charge in [-0.15, -0.1) is 0 Å². The van der Waals surface area contributed by atoms with Crippen molar-refractivity contribution in [3.63, 3.8) is 0 Å². The molecule has 0 heterocycles. The third-order valence-corrected chi connectivity index (χ3v) is 3.93. The number of aliphatic hydroxyl groups is 1. The van der Waals surface area contributed by atoms with Gasteiger partial charge in [-0.25, -0.2) is 0 Å². The van der Waals surface area contributed by atoms with Crippen molar-refractivity contribution in [2.24, 2.45) is 0 Å². The molecule has 1 aromatic rings. The van der Waals surface area contributed by atoms with Crippen LogP contribution in [0.1, 0.15) is 52.7 Å². The summed E-state index contributed by atoms with van der Waals surface area (Å²) in [6, 6.07) is 5.36. The lowest BCUT2D eigenvalue weighted by molar-refractivity contribution is -0.129. The molecule has 0 aliphatic rings. The average Bonchev–Trinajstić information content (AvgIpc) is 2.40. The minimum Gasteiger partial charge on any atom is -0.481 e. The van der Waals surface area contributed by atoms with Crippen LogP contribution in [0.2, 0.25) is 0 Å². The minimum atomic E-state index is -0.667. The van der Waals surface area contributed by atoms with Gasteiger partial charge in [0, 0.05) is 15.6 Å². The van der Waals surface area contributed by atoms with Gasteiger partial charge in [0.25, 0.3) is 5.91 Å². The first-order chi connectivity index (χ1) is 9.66. The molecule has 0 spiro atoms. The topological polar surface area (TPSA) is 58.6 Å². The summed E-state index contributed by atoms with van der Waals surface area (Å²) in [4.78, 5) is 12.2. The fourth-order valence-corrected chi connectivity index (χ4v) is 2.10. The molecule has 1 unspecified atom stereocenters. The Balaban J connectivity index is 2.84. The molecule has 1 rings (SSSR count). The molecule has 0 fully saturated rings. The van der Waals surface area contributed by atoms with Crippen molar-refractivity contribution in [3.8, 4) is 5.75 Å². The monoisotopic (exact) mass is 357 g/mol. The fraction of sp³-hybridized carbons (Fsp3) is 0.562. The van der Waals surface area contributed by atoms with Crippen molar-refractivity contribution in [2.75, 3.05) is 0 Å². The van der Waals surface area contributed by atoms with Gasteiger partial charge in [0.2, 0.25) is 0 Å². The van der Waals surface area contributed by atoms with E-state index in [2.05, 4.69) is 21.2 Å². The maximum atomic E-state index is 12.2. The lowest BCUT2D eigenvalue weighted by atomic mass is 10.0. The first-order valence-corrected chi connectivity index (χ1v) is 7.91. The van der Waals surface area contributed by atoms with Crippen LogP contribution in [0, 0.1) is 0 Å². The van der Waals surface area contributed by atoms with Crippen LogP contribution in [-0.2, 0) is 4.79 Å². The summed E-state index contributed by atoms with van der Waals surface area (Å²) < 4.78 is 6.58. The fourth-order valence-electron chi connectivity index (χ4n) is 1.72. The molecule has 5 heteroatoms. The van der Waals surface area contributed by atoms with Gasteiger partial charge < -0.3 is 15.2 Å². The normalized spacial score (nSPS) is 14.4. The number of hydrogen-bond donors (Lipinski definition) is 2. The average molecular weight is 358 g/mol. The SMILES string of the molecule is CCC(C)(C)NC(=O)C(C)Oc1ccc(Br)cc1[C@H](C)O. The van der Waals surface area contributed by atoms with Crippen molar-refractivity contribution in [1.29, 1.82) is 0 Å². The highest BCUT2D eigenvalue weighted by atomic mass is 79.9. The summed E-state index contributed by atoms with van der Waals surface area (Å²) in [6.45, 7) is 9.33. The lowest BCUT2D eigenvalue weighted by Gasteiger charge is -2.27. The summed E-state index contributed by atoms with van der Waals surface area (Å²) in [5, 5.41) is 12.8. The second-order valence-corrected chi connectivity index (χ2v) is 6.76. The smallest absolute Gasteiger partial charge is 0.261 e. The van der Waals surface area contributed by atoms with Gasteiger partial charge in [-0.05, 0) is 52.3 Å². The Hall–Kier alpha value is -1.07. The van der Waals surface area contributed by atoms with Gasteiger partial charge in [0.15, 0.2) is 6.10 Å². The molecule has 2 N–H and O–H groups in total. The van der Waals surface area contributed by atoms with Crippen LogP contribution in [0.4, 0.5) is 0 Å². The van der Waals surface area contributed by atoms with Crippen molar-refractivity contribution < 1.29 is 14.6 Å². The van der Waals surface area contributed by atoms with E-state index in [9.17, 15) is 9.90 Å². The van der Waals surface area contributed by atoms with Crippen LogP contribution in [-0.4, -0.2) is 22.7 Å². The quantitative estimate of drug-likeness (QED) is 0.817. The van der Waals surface area contributed by atoms with Crippen molar-refractivity contribution in [3.05, 3.63) is 28.2 Å². The molecule has 21 heavy (non-hydrogen) atoms. The van der Waals surface area contributed by atoms with Gasteiger partial charge in [-0.1, -0.05) is 22.9 Å². The van der Waals surface area contributed by atoms with Crippen LogP contribution < -0.4 is 10.1 Å². The van der Waals surface area contributed by atoms with Crippen molar-refractivity contribution in [1.82, 2.24) is 5.32 Å². The number of hydrogen-bond acceptors (Lipinski definition) is 3. The predicted octanol–water partition coefficient (Wildman–Crippen LogP) is 3.57. The Kier molecular flexibility index (Phi) is 6.23. The summed E-state index contributed by atoms with van der Waals surface area (Å²) in [6.07, 6.45) is -0.461. The zero-order chi connectivity index (χ0) is 16.2. The maximum absolute atomic E-state index is 12.2. The number of nitrogens with one attached hydrogen (secondary N) is 1. The van der Waals surface area contributed by atoms with Gasteiger partial charge in [0.1, 0.15) is 5.75 Å².